The number of fused-ring (bicyclic) bond motifs is 3. The highest BCUT2D eigenvalue weighted by Crippen LogP contribution is 2.33. The fourth-order valence-corrected chi connectivity index (χ4v) is 2.17. The number of nitrogens with zero attached hydrogens (tertiary/aromatic N) is 5. The fraction of sp³-hybridized carbons (Fsp3) is 0.333. The Labute approximate surface area is 108 Å². The number of rotatable bonds is 3. The molecule has 0 saturated heterocycles. The van der Waals surface area contributed by atoms with Gasteiger partial charge in [0.2, 0.25) is 5.88 Å². The summed E-state index contributed by atoms with van der Waals surface area (Å²) in [5, 5.41) is 3.54. The minimum Gasteiger partial charge on any atom is -0.488 e. The average molecular weight is 257 g/mol. The van der Waals surface area contributed by atoms with Gasteiger partial charge in [0.1, 0.15) is 11.9 Å². The summed E-state index contributed by atoms with van der Waals surface area (Å²) in [6, 6.07) is 3.64. The largest absolute Gasteiger partial charge is 0.488 e. The molecule has 2 aromatic rings. The van der Waals surface area contributed by atoms with Gasteiger partial charge in [-0.05, 0) is 11.6 Å². The molecule has 0 bridgehead atoms. The van der Waals surface area contributed by atoms with Crippen LogP contribution in [-0.2, 0) is 6.42 Å². The van der Waals surface area contributed by atoms with Gasteiger partial charge in [0.25, 0.3) is 0 Å². The molecule has 1 atom stereocenters. The summed E-state index contributed by atoms with van der Waals surface area (Å²) >= 11 is 0. The maximum absolute atomic E-state index is 8.35. The number of methoxy groups -OCH3 is 1. The number of ether oxygens (including phenoxy) is 2. The van der Waals surface area contributed by atoms with Crippen LogP contribution in [0, 0.1) is 0 Å². The molecule has 7 heteroatoms. The van der Waals surface area contributed by atoms with Gasteiger partial charge in [-0.15, -0.1) is 0 Å². The van der Waals surface area contributed by atoms with Gasteiger partial charge < -0.3 is 9.47 Å². The highest BCUT2D eigenvalue weighted by molar-refractivity contribution is 5.81. The van der Waals surface area contributed by atoms with Crippen LogP contribution in [0.15, 0.2) is 23.4 Å². The first kappa shape index (κ1) is 11.6. The number of pyridine rings is 2. The third kappa shape index (κ3) is 2.00. The molecule has 0 radical (unpaired) electrons. The lowest BCUT2D eigenvalue weighted by molar-refractivity contribution is 0.241. The second kappa shape index (κ2) is 4.62. The van der Waals surface area contributed by atoms with Crippen molar-refractivity contribution in [1.29, 1.82) is 0 Å². The Morgan fingerprint density at radius 1 is 1.58 bits per heavy atom. The van der Waals surface area contributed by atoms with Gasteiger partial charge in [-0.1, -0.05) is 5.11 Å². The van der Waals surface area contributed by atoms with Crippen LogP contribution >= 0.6 is 0 Å². The van der Waals surface area contributed by atoms with E-state index in [1.165, 1.54) is 0 Å². The number of hydrogen-bond donors (Lipinski definition) is 0. The quantitative estimate of drug-likeness (QED) is 0.478. The van der Waals surface area contributed by atoms with E-state index in [0.717, 1.165) is 16.6 Å². The molecule has 19 heavy (non-hydrogen) atoms. The van der Waals surface area contributed by atoms with Gasteiger partial charge in [0, 0.05) is 23.0 Å². The first-order valence-electron chi connectivity index (χ1n) is 5.82. The van der Waals surface area contributed by atoms with E-state index in [2.05, 4.69) is 20.0 Å². The summed E-state index contributed by atoms with van der Waals surface area (Å²) in [6.07, 6.45) is 2.20. The summed E-state index contributed by atoms with van der Waals surface area (Å²) in [5.41, 5.74) is 10.9. The van der Waals surface area contributed by atoms with Crippen molar-refractivity contribution < 1.29 is 9.47 Å². The lowest BCUT2D eigenvalue weighted by Crippen LogP contribution is -2.16. The molecular weight excluding hydrogens is 246 g/mol. The molecule has 0 fully saturated rings. The molecule has 96 valence electrons. The molecule has 1 unspecified atom stereocenters. The lowest BCUT2D eigenvalue weighted by atomic mass is 10.1. The van der Waals surface area contributed by atoms with Gasteiger partial charge in [-0.3, -0.25) is 4.98 Å². The number of hydrogen-bond acceptors (Lipinski definition) is 5. The number of aromatic nitrogens is 2. The highest BCUT2D eigenvalue weighted by Gasteiger charge is 2.25. The molecule has 3 rings (SSSR count). The summed E-state index contributed by atoms with van der Waals surface area (Å²) in [4.78, 5) is 11.5. The first-order valence-corrected chi connectivity index (χ1v) is 5.82. The molecule has 2 aromatic heterocycles. The molecule has 0 spiro atoms. The predicted octanol–water partition coefficient (Wildman–Crippen LogP) is 2.25. The third-order valence-corrected chi connectivity index (χ3v) is 3.04. The number of azide groups is 1. The Balaban J connectivity index is 2.03. The smallest absolute Gasteiger partial charge is 0.213 e. The zero-order valence-electron chi connectivity index (χ0n) is 10.3. The van der Waals surface area contributed by atoms with Gasteiger partial charge >= 0.3 is 0 Å². The van der Waals surface area contributed by atoms with Crippen molar-refractivity contribution in [2.75, 3.05) is 13.7 Å². The van der Waals surface area contributed by atoms with E-state index >= 15 is 0 Å². The molecule has 3 heterocycles. The minimum absolute atomic E-state index is 0.147. The maximum atomic E-state index is 8.35. The van der Waals surface area contributed by atoms with Crippen molar-refractivity contribution in [3.63, 3.8) is 0 Å². The normalized spacial score (nSPS) is 16.6. The van der Waals surface area contributed by atoms with E-state index in [1.54, 1.807) is 19.4 Å². The SMILES string of the molecule is COc1ccc2ncc3c(c2n1)CC(CN=[N+]=[N-])O3. The zero-order valence-corrected chi connectivity index (χ0v) is 10.3. The molecular formula is C12H11N5O2. The highest BCUT2D eigenvalue weighted by atomic mass is 16.5. The van der Waals surface area contributed by atoms with Crippen LogP contribution < -0.4 is 9.47 Å². The van der Waals surface area contributed by atoms with E-state index in [4.69, 9.17) is 15.0 Å². The van der Waals surface area contributed by atoms with E-state index in [9.17, 15) is 0 Å². The van der Waals surface area contributed by atoms with Gasteiger partial charge in [0.05, 0.1) is 30.9 Å². The topological polar surface area (TPSA) is 93.0 Å². The first-order chi connectivity index (χ1) is 9.31. The molecule has 0 aliphatic carbocycles. The zero-order chi connectivity index (χ0) is 13.2. The Morgan fingerprint density at radius 2 is 2.47 bits per heavy atom. The van der Waals surface area contributed by atoms with Gasteiger partial charge in [-0.25, -0.2) is 4.98 Å². The summed E-state index contributed by atoms with van der Waals surface area (Å²) in [6.45, 7) is 0.302. The van der Waals surface area contributed by atoms with Crippen molar-refractivity contribution in [2.45, 2.75) is 12.5 Å². The van der Waals surface area contributed by atoms with Crippen LogP contribution in [0.25, 0.3) is 21.5 Å². The van der Waals surface area contributed by atoms with Crippen molar-refractivity contribution in [1.82, 2.24) is 9.97 Å². The third-order valence-electron chi connectivity index (χ3n) is 3.04. The van der Waals surface area contributed by atoms with Crippen LogP contribution in [-0.4, -0.2) is 29.7 Å². The van der Waals surface area contributed by atoms with E-state index in [-0.39, 0.29) is 6.10 Å². The Morgan fingerprint density at radius 3 is 3.26 bits per heavy atom. The van der Waals surface area contributed by atoms with Gasteiger partial charge in [0.15, 0.2) is 0 Å². The van der Waals surface area contributed by atoms with Crippen LogP contribution in [0.5, 0.6) is 11.6 Å². The molecule has 0 N–H and O–H groups in total. The standard InChI is InChI=1S/C12H11N5O2/c1-18-11-3-2-9-12(16-11)8-4-7(5-15-17-13)19-10(8)6-14-9/h2-3,6-7H,4-5H2,1H3. The summed E-state index contributed by atoms with van der Waals surface area (Å²) in [5.74, 6) is 1.24. The van der Waals surface area contributed by atoms with Crippen LogP contribution in [0.4, 0.5) is 0 Å². The van der Waals surface area contributed by atoms with Crippen molar-refractivity contribution in [3.05, 3.63) is 34.3 Å². The van der Waals surface area contributed by atoms with Gasteiger partial charge in [-0.2, -0.15) is 0 Å². The van der Waals surface area contributed by atoms with E-state index < -0.39 is 0 Å². The average Bonchev–Trinajstić information content (AvgIpc) is 2.87. The Kier molecular flexibility index (Phi) is 2.81. The van der Waals surface area contributed by atoms with E-state index in [0.29, 0.717) is 24.6 Å². The second-order valence-corrected chi connectivity index (χ2v) is 4.18. The monoisotopic (exact) mass is 257 g/mol. The van der Waals surface area contributed by atoms with Crippen LogP contribution in [0.2, 0.25) is 0 Å². The van der Waals surface area contributed by atoms with Crippen molar-refractivity contribution in [3.8, 4) is 11.6 Å². The molecule has 1 aliphatic rings. The minimum atomic E-state index is -0.147. The van der Waals surface area contributed by atoms with Crippen molar-refractivity contribution >= 4 is 11.0 Å². The molecule has 0 amide bonds. The lowest BCUT2D eigenvalue weighted by Gasteiger charge is -2.05. The molecule has 7 nitrogen and oxygen atoms in total. The van der Waals surface area contributed by atoms with Crippen LogP contribution in [0.3, 0.4) is 0 Å². The maximum Gasteiger partial charge on any atom is 0.213 e. The Bertz CT molecular complexity index is 681. The summed E-state index contributed by atoms with van der Waals surface area (Å²) < 4.78 is 10.8. The van der Waals surface area contributed by atoms with Crippen molar-refractivity contribution in [2.24, 2.45) is 5.11 Å². The molecule has 1 aliphatic heterocycles. The molecule has 0 aromatic carbocycles. The van der Waals surface area contributed by atoms with Crippen LogP contribution in [0.1, 0.15) is 5.56 Å². The summed E-state index contributed by atoms with van der Waals surface area (Å²) in [7, 11) is 1.58. The fourth-order valence-electron chi connectivity index (χ4n) is 2.17. The van der Waals surface area contributed by atoms with E-state index in [1.807, 2.05) is 6.07 Å². The molecule has 0 saturated carbocycles. The second-order valence-electron chi connectivity index (χ2n) is 4.18. The Hall–Kier alpha value is -2.53. The predicted molar refractivity (Wildman–Crippen MR) is 68.2 cm³/mol.